The van der Waals surface area contributed by atoms with E-state index in [1.807, 2.05) is 30.3 Å². The molecule has 40 heavy (non-hydrogen) atoms. The molecule has 0 aliphatic carbocycles. The van der Waals surface area contributed by atoms with Crippen LogP contribution in [0, 0.1) is 5.92 Å². The van der Waals surface area contributed by atoms with Crippen LogP contribution >= 0.6 is 34.7 Å². The summed E-state index contributed by atoms with van der Waals surface area (Å²) in [5.74, 6) is -0.253. The van der Waals surface area contributed by atoms with Crippen LogP contribution in [-0.2, 0) is 16.2 Å². The first kappa shape index (κ1) is 26.5. The number of benzene rings is 3. The summed E-state index contributed by atoms with van der Waals surface area (Å²) in [6, 6.07) is 19.7. The van der Waals surface area contributed by atoms with E-state index in [4.69, 9.17) is 25.8 Å². The minimum absolute atomic E-state index is 0.233. The van der Waals surface area contributed by atoms with Crippen LogP contribution in [0.5, 0.6) is 17.2 Å². The lowest BCUT2D eigenvalue weighted by molar-refractivity contribution is -0.122. The van der Waals surface area contributed by atoms with Crippen molar-refractivity contribution in [2.24, 2.45) is 5.92 Å². The van der Waals surface area contributed by atoms with Crippen LogP contribution in [0.4, 0.5) is 5.69 Å². The monoisotopic (exact) mass is 594 g/mol. The number of aromatic nitrogens is 1. The molecule has 1 N–H and O–H groups in total. The van der Waals surface area contributed by atoms with E-state index in [2.05, 4.69) is 4.98 Å². The molecule has 3 atom stereocenters. The van der Waals surface area contributed by atoms with Crippen LogP contribution < -0.4 is 24.0 Å². The van der Waals surface area contributed by atoms with Crippen molar-refractivity contribution in [3.05, 3.63) is 97.4 Å². The molecule has 204 valence electrons. The normalized spacial score (nSPS) is 19.8. The summed E-state index contributed by atoms with van der Waals surface area (Å²) in [5.41, 5.74) is 2.13. The van der Waals surface area contributed by atoms with Gasteiger partial charge in [0, 0.05) is 15.8 Å². The van der Waals surface area contributed by atoms with Gasteiger partial charge in [-0.3, -0.25) is 14.4 Å². The van der Waals surface area contributed by atoms with Crippen molar-refractivity contribution in [2.45, 2.75) is 22.8 Å². The topological polar surface area (TPSA) is 97.9 Å². The molecule has 3 heterocycles. The summed E-state index contributed by atoms with van der Waals surface area (Å²) in [7, 11) is 3.10. The Balaban J connectivity index is 1.36. The number of nitrogens with zero attached hydrogens (tertiary/aromatic N) is 1. The molecule has 2 aliphatic rings. The smallest absolute Gasteiger partial charge is 0.305 e. The number of halogens is 1. The van der Waals surface area contributed by atoms with Gasteiger partial charge in [0.15, 0.2) is 11.5 Å². The zero-order valence-corrected chi connectivity index (χ0v) is 23.8. The van der Waals surface area contributed by atoms with Gasteiger partial charge in [-0.2, -0.15) is 0 Å². The molecule has 0 spiro atoms. The molecule has 1 saturated heterocycles. The fourth-order valence-corrected chi connectivity index (χ4v) is 7.87. The van der Waals surface area contributed by atoms with Gasteiger partial charge in [0.1, 0.15) is 17.6 Å². The number of hydrogen-bond acceptors (Lipinski definition) is 8. The number of aromatic amines is 1. The van der Waals surface area contributed by atoms with Crippen LogP contribution in [0.1, 0.15) is 21.9 Å². The van der Waals surface area contributed by atoms with E-state index < -0.39 is 17.1 Å². The molecule has 3 unspecified atom stereocenters. The first-order valence-electron chi connectivity index (χ1n) is 12.3. The number of nitrogens with one attached hydrogen (secondary N) is 1. The molecule has 2 aliphatic heterocycles. The molecule has 3 aromatic carbocycles. The van der Waals surface area contributed by atoms with E-state index in [0.717, 1.165) is 27.3 Å². The molecule has 1 fully saturated rings. The molecule has 11 heteroatoms. The average molecular weight is 595 g/mol. The summed E-state index contributed by atoms with van der Waals surface area (Å²) in [6.07, 6.45) is 0. The van der Waals surface area contributed by atoms with E-state index in [9.17, 15) is 14.4 Å². The number of thioether (sulfide) groups is 1. The lowest BCUT2D eigenvalue weighted by Crippen LogP contribution is -2.32. The number of ether oxygens (including phenoxy) is 3. The predicted octanol–water partition coefficient (Wildman–Crippen LogP) is 5.48. The lowest BCUT2D eigenvalue weighted by atomic mass is 9.83. The quantitative estimate of drug-likeness (QED) is 0.283. The Labute approximate surface area is 242 Å². The van der Waals surface area contributed by atoms with Crippen molar-refractivity contribution < 1.29 is 23.8 Å². The maximum Gasteiger partial charge on any atom is 0.305 e. The van der Waals surface area contributed by atoms with E-state index in [1.54, 1.807) is 50.6 Å². The molecular weight excluding hydrogens is 572 g/mol. The standard InChI is InChI=1S/C29H23ClN2O6S2/c1-36-19-9-7-18(8-10-19)32-27(33)23-22(24-26(31-29(35)40-24)39-25(23)28(32)34)16-6-11-20(21(13-16)37-2)38-14-15-4-3-5-17(30)12-15/h3-13,22-23,25H,14H2,1-2H3,(H,31,35). The second-order valence-electron chi connectivity index (χ2n) is 9.29. The van der Waals surface area contributed by atoms with Crippen LogP contribution in [0.15, 0.2) is 76.6 Å². The number of thiazole rings is 1. The van der Waals surface area contributed by atoms with Gasteiger partial charge < -0.3 is 19.2 Å². The first-order valence-corrected chi connectivity index (χ1v) is 14.4. The highest BCUT2D eigenvalue weighted by atomic mass is 35.5. The van der Waals surface area contributed by atoms with Crippen molar-refractivity contribution >= 4 is 52.2 Å². The Kier molecular flexibility index (Phi) is 7.07. The maximum absolute atomic E-state index is 13.9. The zero-order valence-electron chi connectivity index (χ0n) is 21.4. The van der Waals surface area contributed by atoms with Gasteiger partial charge in [0.05, 0.1) is 30.9 Å². The van der Waals surface area contributed by atoms with Crippen LogP contribution in [-0.4, -0.2) is 36.3 Å². The lowest BCUT2D eigenvalue weighted by Gasteiger charge is -2.30. The minimum Gasteiger partial charge on any atom is -0.497 e. The fraction of sp³-hybridized carbons (Fsp3) is 0.207. The number of rotatable bonds is 7. The Hall–Kier alpha value is -3.73. The number of methoxy groups -OCH3 is 2. The molecular formula is C29H23ClN2O6S2. The molecule has 2 amide bonds. The SMILES string of the molecule is COc1ccc(N2C(=O)C3Sc4[nH]c(=O)sc4C(c4ccc(OCc5cccc(Cl)c5)c(OC)c4)C3C2=O)cc1. The van der Waals surface area contributed by atoms with Gasteiger partial charge in [-0.25, -0.2) is 4.90 Å². The second-order valence-corrected chi connectivity index (χ2v) is 11.9. The number of carbonyl (C=O) groups is 2. The zero-order chi connectivity index (χ0) is 28.0. The third-order valence-electron chi connectivity index (χ3n) is 6.98. The van der Waals surface area contributed by atoms with Crippen LogP contribution in [0.25, 0.3) is 0 Å². The molecule has 8 nitrogen and oxygen atoms in total. The highest BCUT2D eigenvalue weighted by molar-refractivity contribution is 8.00. The van der Waals surface area contributed by atoms with Crippen molar-refractivity contribution in [1.29, 1.82) is 0 Å². The summed E-state index contributed by atoms with van der Waals surface area (Å²) in [6.45, 7) is 0.286. The van der Waals surface area contributed by atoms with Gasteiger partial charge in [-0.05, 0) is 59.7 Å². The Bertz CT molecular complexity index is 1670. The predicted molar refractivity (Wildman–Crippen MR) is 154 cm³/mol. The van der Waals surface area contributed by atoms with Gasteiger partial charge in [0.2, 0.25) is 11.8 Å². The van der Waals surface area contributed by atoms with Crippen molar-refractivity contribution in [3.8, 4) is 17.2 Å². The van der Waals surface area contributed by atoms with Crippen molar-refractivity contribution in [3.63, 3.8) is 0 Å². The highest BCUT2D eigenvalue weighted by Crippen LogP contribution is 2.53. The first-order chi connectivity index (χ1) is 19.4. The molecule has 0 radical (unpaired) electrons. The maximum atomic E-state index is 13.9. The van der Waals surface area contributed by atoms with Crippen molar-refractivity contribution in [2.75, 3.05) is 19.1 Å². The van der Waals surface area contributed by atoms with Crippen LogP contribution in [0.2, 0.25) is 5.02 Å². The third kappa shape index (κ3) is 4.66. The summed E-state index contributed by atoms with van der Waals surface area (Å²) >= 11 is 8.39. The number of fused-ring (bicyclic) bond motifs is 2. The molecule has 0 bridgehead atoms. The Morgan fingerprint density at radius 1 is 0.925 bits per heavy atom. The number of anilines is 1. The summed E-state index contributed by atoms with van der Waals surface area (Å²) < 4.78 is 16.9. The third-order valence-corrected chi connectivity index (χ3v) is 9.62. The number of hydrogen-bond donors (Lipinski definition) is 1. The highest BCUT2D eigenvalue weighted by Gasteiger charge is 2.56. The summed E-state index contributed by atoms with van der Waals surface area (Å²) in [5, 5.41) is 0.537. The number of amides is 2. The largest absolute Gasteiger partial charge is 0.497 e. The Morgan fingerprint density at radius 3 is 2.45 bits per heavy atom. The molecule has 0 saturated carbocycles. The average Bonchev–Trinajstić information content (AvgIpc) is 3.46. The number of carbonyl (C=O) groups excluding carboxylic acids is 2. The van der Waals surface area contributed by atoms with Gasteiger partial charge in [-0.1, -0.05) is 52.9 Å². The fourth-order valence-electron chi connectivity index (χ4n) is 5.15. The number of imide groups is 1. The molecule has 6 rings (SSSR count). The van der Waals surface area contributed by atoms with Gasteiger partial charge in [-0.15, -0.1) is 0 Å². The Morgan fingerprint density at radius 2 is 1.73 bits per heavy atom. The van der Waals surface area contributed by atoms with Crippen LogP contribution in [0.3, 0.4) is 0 Å². The van der Waals surface area contributed by atoms with E-state index in [0.29, 0.717) is 33.0 Å². The van der Waals surface area contributed by atoms with Gasteiger partial charge >= 0.3 is 4.87 Å². The number of H-pyrrole nitrogens is 1. The van der Waals surface area contributed by atoms with Crippen molar-refractivity contribution in [1.82, 2.24) is 4.98 Å². The molecule has 4 aromatic rings. The minimum atomic E-state index is -0.707. The van der Waals surface area contributed by atoms with E-state index >= 15 is 0 Å². The van der Waals surface area contributed by atoms with E-state index in [-0.39, 0.29) is 23.3 Å². The molecule has 1 aromatic heterocycles. The summed E-state index contributed by atoms with van der Waals surface area (Å²) in [4.78, 5) is 44.5. The van der Waals surface area contributed by atoms with Gasteiger partial charge in [0.25, 0.3) is 0 Å². The van der Waals surface area contributed by atoms with E-state index in [1.165, 1.54) is 16.7 Å². The second kappa shape index (κ2) is 10.7.